The molecule has 4 aromatic rings. The first-order valence-electron chi connectivity index (χ1n) is 9.63. The molecule has 0 N–H and O–H groups in total. The molecule has 4 rings (SSSR count). The third kappa shape index (κ3) is 4.10. The summed E-state index contributed by atoms with van der Waals surface area (Å²) in [4.78, 5) is 9.68. The molecule has 0 aliphatic rings. The van der Waals surface area contributed by atoms with Gasteiger partial charge in [-0.1, -0.05) is 25.9 Å². The number of aryl methyl sites for hydroxylation is 1. The van der Waals surface area contributed by atoms with E-state index in [1.54, 1.807) is 38.1 Å². The van der Waals surface area contributed by atoms with Crippen LogP contribution in [0.3, 0.4) is 0 Å². The molecule has 162 valence electrons. The van der Waals surface area contributed by atoms with Crippen molar-refractivity contribution in [1.82, 2.24) is 19.5 Å². The topological polar surface area (TPSA) is 74.7 Å². The van der Waals surface area contributed by atoms with Crippen molar-refractivity contribution in [3.8, 4) is 34.2 Å². The molecule has 31 heavy (non-hydrogen) atoms. The highest BCUT2D eigenvalue weighted by Gasteiger charge is 2.22. The highest BCUT2D eigenvalue weighted by molar-refractivity contribution is 8.00. The highest BCUT2D eigenvalue weighted by atomic mass is 32.2. The number of halogens is 1. The SMILES string of the molecule is COc1cc2ncc(-c3cc(F)c(OC)c(-c4nc(C)no4)c3)n2cc1SC(C)(C)C. The zero-order valence-corrected chi connectivity index (χ0v) is 19.0. The summed E-state index contributed by atoms with van der Waals surface area (Å²) < 4.78 is 32.9. The number of methoxy groups -OCH3 is 2. The van der Waals surface area contributed by atoms with Crippen LogP contribution in [0.25, 0.3) is 28.4 Å². The molecule has 3 heterocycles. The minimum atomic E-state index is -0.529. The average molecular weight is 443 g/mol. The molecule has 0 radical (unpaired) electrons. The molecule has 0 aliphatic heterocycles. The number of ether oxygens (including phenoxy) is 2. The standard InChI is InChI=1S/C22H23FN4O3S/c1-12-25-21(30-26-12)14-7-13(8-15(23)20(14)29-6)16-10-24-19-9-17(28-5)18(11-27(16)19)31-22(2,3)4/h7-11H,1-6H3. The molecular weight excluding hydrogens is 419 g/mol. The van der Waals surface area contributed by atoms with Crippen LogP contribution in [0.4, 0.5) is 4.39 Å². The zero-order valence-electron chi connectivity index (χ0n) is 18.2. The second-order valence-electron chi connectivity index (χ2n) is 7.98. The lowest BCUT2D eigenvalue weighted by Crippen LogP contribution is -2.07. The number of aromatic nitrogens is 4. The Kier molecular flexibility index (Phi) is 5.38. The number of benzene rings is 1. The Labute approximate surface area is 183 Å². The van der Waals surface area contributed by atoms with Crippen LogP contribution in [0.1, 0.15) is 26.6 Å². The van der Waals surface area contributed by atoms with Gasteiger partial charge in [0.2, 0.25) is 0 Å². The van der Waals surface area contributed by atoms with Gasteiger partial charge in [-0.2, -0.15) is 4.98 Å². The van der Waals surface area contributed by atoms with Gasteiger partial charge in [-0.15, -0.1) is 11.8 Å². The third-order valence-corrected chi connectivity index (χ3v) is 5.65. The fourth-order valence-corrected chi connectivity index (χ4v) is 4.34. The van der Waals surface area contributed by atoms with Gasteiger partial charge in [0.1, 0.15) is 11.4 Å². The van der Waals surface area contributed by atoms with Crippen molar-refractivity contribution in [2.45, 2.75) is 37.3 Å². The molecule has 0 unspecified atom stereocenters. The summed E-state index contributed by atoms with van der Waals surface area (Å²) in [5.41, 5.74) is 2.39. The average Bonchev–Trinajstić information content (AvgIpc) is 3.31. The van der Waals surface area contributed by atoms with E-state index in [4.69, 9.17) is 14.0 Å². The first-order chi connectivity index (χ1) is 14.7. The van der Waals surface area contributed by atoms with Crippen molar-refractivity contribution in [3.05, 3.63) is 42.2 Å². The van der Waals surface area contributed by atoms with Gasteiger partial charge in [0.25, 0.3) is 5.89 Å². The first kappa shape index (κ1) is 21.2. The maximum atomic E-state index is 14.9. The van der Waals surface area contributed by atoms with Gasteiger partial charge in [0, 0.05) is 22.6 Å². The Balaban J connectivity index is 1.91. The lowest BCUT2D eigenvalue weighted by atomic mass is 10.1. The van der Waals surface area contributed by atoms with Crippen molar-refractivity contribution >= 4 is 17.4 Å². The summed E-state index contributed by atoms with van der Waals surface area (Å²) in [6.45, 7) is 8.10. The Morgan fingerprint density at radius 1 is 1.13 bits per heavy atom. The van der Waals surface area contributed by atoms with E-state index >= 15 is 0 Å². The van der Waals surface area contributed by atoms with Gasteiger partial charge in [-0.25, -0.2) is 9.37 Å². The molecule has 7 nitrogen and oxygen atoms in total. The molecule has 1 aromatic carbocycles. The van der Waals surface area contributed by atoms with Crippen LogP contribution in [-0.2, 0) is 0 Å². The van der Waals surface area contributed by atoms with Gasteiger partial charge in [-0.05, 0) is 19.1 Å². The number of pyridine rings is 1. The minimum Gasteiger partial charge on any atom is -0.495 e. The summed E-state index contributed by atoms with van der Waals surface area (Å²) >= 11 is 1.69. The van der Waals surface area contributed by atoms with E-state index in [9.17, 15) is 4.39 Å². The predicted molar refractivity (Wildman–Crippen MR) is 117 cm³/mol. The molecule has 0 fully saturated rings. The summed E-state index contributed by atoms with van der Waals surface area (Å²) in [5, 5.41) is 3.81. The van der Waals surface area contributed by atoms with Crippen LogP contribution < -0.4 is 9.47 Å². The number of nitrogens with zero attached hydrogens (tertiary/aromatic N) is 4. The summed E-state index contributed by atoms with van der Waals surface area (Å²) in [7, 11) is 3.04. The van der Waals surface area contributed by atoms with Crippen molar-refractivity contribution in [1.29, 1.82) is 0 Å². The zero-order chi connectivity index (χ0) is 22.3. The molecule has 0 spiro atoms. The number of thioether (sulfide) groups is 1. The number of hydrogen-bond donors (Lipinski definition) is 0. The van der Waals surface area contributed by atoms with Crippen LogP contribution in [0.2, 0.25) is 0 Å². The first-order valence-corrected chi connectivity index (χ1v) is 10.4. The third-order valence-electron chi connectivity index (χ3n) is 4.51. The molecule has 9 heteroatoms. The van der Waals surface area contributed by atoms with Crippen LogP contribution in [0.15, 0.2) is 40.0 Å². The quantitative estimate of drug-likeness (QED) is 0.383. The van der Waals surface area contributed by atoms with Gasteiger partial charge in [0.05, 0.1) is 36.6 Å². The van der Waals surface area contributed by atoms with Crippen molar-refractivity contribution in [3.63, 3.8) is 0 Å². The lowest BCUT2D eigenvalue weighted by molar-refractivity contribution is 0.381. The fraction of sp³-hybridized carbons (Fsp3) is 0.318. The Morgan fingerprint density at radius 3 is 2.52 bits per heavy atom. The predicted octanol–water partition coefficient (Wildman–Crippen LogP) is 5.41. The van der Waals surface area contributed by atoms with E-state index in [2.05, 4.69) is 35.9 Å². The van der Waals surface area contributed by atoms with Gasteiger partial charge in [-0.3, -0.25) is 4.40 Å². The second kappa shape index (κ2) is 7.88. The van der Waals surface area contributed by atoms with E-state index in [0.717, 1.165) is 10.6 Å². The van der Waals surface area contributed by atoms with Gasteiger partial charge < -0.3 is 14.0 Å². The molecule has 0 atom stereocenters. The summed E-state index contributed by atoms with van der Waals surface area (Å²) in [6.07, 6.45) is 3.66. The Morgan fingerprint density at radius 2 is 1.90 bits per heavy atom. The van der Waals surface area contributed by atoms with Gasteiger partial charge in [0.15, 0.2) is 17.4 Å². The number of fused-ring (bicyclic) bond motifs is 1. The van der Waals surface area contributed by atoms with Gasteiger partial charge >= 0.3 is 0 Å². The Hall–Kier alpha value is -3.07. The molecule has 0 amide bonds. The van der Waals surface area contributed by atoms with E-state index in [1.807, 2.05) is 16.7 Å². The highest BCUT2D eigenvalue weighted by Crippen LogP contribution is 2.40. The molecule has 3 aromatic heterocycles. The monoisotopic (exact) mass is 442 g/mol. The molecule has 0 saturated carbocycles. The summed E-state index contributed by atoms with van der Waals surface area (Å²) in [5.74, 6) is 0.904. The number of rotatable bonds is 5. The normalized spacial score (nSPS) is 11.8. The summed E-state index contributed by atoms with van der Waals surface area (Å²) in [6, 6.07) is 5.05. The minimum absolute atomic E-state index is 0.0170. The second-order valence-corrected chi connectivity index (χ2v) is 9.85. The number of hydrogen-bond acceptors (Lipinski definition) is 7. The van der Waals surface area contributed by atoms with E-state index in [-0.39, 0.29) is 16.4 Å². The molecular formula is C22H23FN4O3S. The van der Waals surface area contributed by atoms with Crippen LogP contribution in [-0.4, -0.2) is 38.5 Å². The molecule has 0 saturated heterocycles. The van der Waals surface area contributed by atoms with Crippen LogP contribution in [0.5, 0.6) is 11.5 Å². The van der Waals surface area contributed by atoms with Crippen LogP contribution >= 0.6 is 11.8 Å². The maximum Gasteiger partial charge on any atom is 0.261 e. The smallest absolute Gasteiger partial charge is 0.261 e. The Bertz CT molecular complexity index is 1260. The van der Waals surface area contributed by atoms with Crippen LogP contribution in [0, 0.1) is 12.7 Å². The van der Waals surface area contributed by atoms with Crippen molar-refractivity contribution in [2.24, 2.45) is 0 Å². The largest absolute Gasteiger partial charge is 0.495 e. The molecule has 0 aliphatic carbocycles. The van der Waals surface area contributed by atoms with E-state index < -0.39 is 5.82 Å². The van der Waals surface area contributed by atoms with Crippen molar-refractivity contribution < 1.29 is 18.4 Å². The van der Waals surface area contributed by atoms with E-state index in [0.29, 0.717) is 28.3 Å². The maximum absolute atomic E-state index is 14.9. The lowest BCUT2D eigenvalue weighted by Gasteiger charge is -2.20. The fourth-order valence-electron chi connectivity index (χ4n) is 3.28. The van der Waals surface area contributed by atoms with E-state index in [1.165, 1.54) is 13.2 Å². The van der Waals surface area contributed by atoms with Crippen molar-refractivity contribution in [2.75, 3.05) is 14.2 Å². The number of imidazole rings is 1. The molecule has 0 bridgehead atoms.